The standard InChI is InChI=1S/C32H44N6O3/c1-2-18-41-24-38-23-28(22-33)34-31(38)32(39)35-30-9-8-27(21-29(30)26-6-4-3-5-7-26)25-10-12-36(13-11-25)14-15-37-16-19-40-20-17-37/h6,8-9,21,23,25H,2-5,7,10-20,24H2,1H3,(H,35,39). The van der Waals surface area contributed by atoms with Crippen LogP contribution >= 0.6 is 0 Å². The molecule has 2 aromatic rings. The first kappa shape index (κ1) is 29.5. The molecular formula is C32H44N6O3. The number of carbonyl (C=O) groups excluding carboxylic acids is 1. The van der Waals surface area contributed by atoms with Gasteiger partial charge in [-0.05, 0) is 87.2 Å². The highest BCUT2D eigenvalue weighted by Gasteiger charge is 2.24. The zero-order valence-corrected chi connectivity index (χ0v) is 24.4. The van der Waals surface area contributed by atoms with Crippen molar-refractivity contribution in [3.8, 4) is 6.07 Å². The second kappa shape index (κ2) is 14.7. The van der Waals surface area contributed by atoms with E-state index >= 15 is 0 Å². The van der Waals surface area contributed by atoms with Crippen LogP contribution in [0.4, 0.5) is 5.69 Å². The summed E-state index contributed by atoms with van der Waals surface area (Å²) in [7, 11) is 0. The Labute approximate surface area is 244 Å². The van der Waals surface area contributed by atoms with E-state index in [2.05, 4.69) is 44.4 Å². The van der Waals surface area contributed by atoms with Crippen molar-refractivity contribution >= 4 is 17.2 Å². The Kier molecular flexibility index (Phi) is 10.6. The monoisotopic (exact) mass is 560 g/mol. The van der Waals surface area contributed by atoms with Crippen molar-refractivity contribution in [1.82, 2.24) is 19.4 Å². The molecule has 0 radical (unpaired) electrons. The van der Waals surface area contributed by atoms with Crippen molar-refractivity contribution in [3.05, 3.63) is 53.1 Å². The van der Waals surface area contributed by atoms with E-state index in [1.165, 1.54) is 17.6 Å². The summed E-state index contributed by atoms with van der Waals surface area (Å²) in [6.45, 7) is 11.1. The predicted octanol–water partition coefficient (Wildman–Crippen LogP) is 4.86. The lowest BCUT2D eigenvalue weighted by atomic mass is 9.85. The van der Waals surface area contributed by atoms with Gasteiger partial charge in [0.1, 0.15) is 12.8 Å². The molecule has 0 spiro atoms. The Bertz CT molecular complexity index is 1230. The van der Waals surface area contributed by atoms with Gasteiger partial charge in [0.25, 0.3) is 5.91 Å². The zero-order valence-electron chi connectivity index (χ0n) is 24.4. The van der Waals surface area contributed by atoms with E-state index in [4.69, 9.17) is 9.47 Å². The van der Waals surface area contributed by atoms with Crippen molar-refractivity contribution in [2.24, 2.45) is 0 Å². The summed E-state index contributed by atoms with van der Waals surface area (Å²) in [6, 6.07) is 8.61. The number of piperidine rings is 1. The van der Waals surface area contributed by atoms with Crippen LogP contribution in [0.1, 0.15) is 85.2 Å². The molecule has 220 valence electrons. The highest BCUT2D eigenvalue weighted by atomic mass is 16.5. The third kappa shape index (κ3) is 7.83. The maximum Gasteiger partial charge on any atom is 0.291 e. The van der Waals surface area contributed by atoms with Gasteiger partial charge in [0.2, 0.25) is 5.82 Å². The van der Waals surface area contributed by atoms with E-state index in [0.29, 0.717) is 12.5 Å². The Hall–Kier alpha value is -3.03. The number of likely N-dealkylation sites (tertiary alicyclic amines) is 1. The molecule has 9 nitrogen and oxygen atoms in total. The van der Waals surface area contributed by atoms with Gasteiger partial charge in [-0.3, -0.25) is 9.69 Å². The van der Waals surface area contributed by atoms with Crippen LogP contribution in [0, 0.1) is 11.3 Å². The lowest BCUT2D eigenvalue weighted by molar-refractivity contribution is 0.0321. The Morgan fingerprint density at radius 2 is 1.93 bits per heavy atom. The van der Waals surface area contributed by atoms with E-state index < -0.39 is 0 Å². The number of benzene rings is 1. The molecule has 0 bridgehead atoms. The van der Waals surface area contributed by atoms with Crippen LogP contribution < -0.4 is 5.32 Å². The van der Waals surface area contributed by atoms with Crippen LogP contribution in [0.25, 0.3) is 5.57 Å². The molecule has 2 fully saturated rings. The number of imidazole rings is 1. The summed E-state index contributed by atoms with van der Waals surface area (Å²) >= 11 is 0. The average Bonchev–Trinajstić information content (AvgIpc) is 3.45. The maximum atomic E-state index is 13.4. The number of nitrogens with zero attached hydrogens (tertiary/aromatic N) is 5. The van der Waals surface area contributed by atoms with E-state index in [9.17, 15) is 10.1 Å². The molecule has 1 aromatic carbocycles. The number of amides is 1. The minimum Gasteiger partial charge on any atom is -0.379 e. The molecule has 0 unspecified atom stereocenters. The minimum atomic E-state index is -0.328. The van der Waals surface area contributed by atoms with Gasteiger partial charge in [-0.15, -0.1) is 0 Å². The number of hydrogen-bond acceptors (Lipinski definition) is 7. The average molecular weight is 561 g/mol. The van der Waals surface area contributed by atoms with Crippen molar-refractivity contribution in [3.63, 3.8) is 0 Å². The molecule has 9 heteroatoms. The number of carbonyl (C=O) groups is 1. The van der Waals surface area contributed by atoms with Crippen molar-refractivity contribution in [2.75, 3.05) is 64.4 Å². The molecule has 0 atom stereocenters. The predicted molar refractivity (Wildman–Crippen MR) is 160 cm³/mol. The summed E-state index contributed by atoms with van der Waals surface area (Å²) in [6.07, 6.45) is 11.5. The molecule has 1 aliphatic carbocycles. The van der Waals surface area contributed by atoms with Gasteiger partial charge in [0, 0.05) is 50.2 Å². The first-order valence-electron chi connectivity index (χ1n) is 15.4. The molecule has 3 aliphatic rings. The van der Waals surface area contributed by atoms with Crippen LogP contribution in [0.3, 0.4) is 0 Å². The van der Waals surface area contributed by atoms with Crippen LogP contribution in [0.2, 0.25) is 0 Å². The number of nitrogens with one attached hydrogen (secondary N) is 1. The second-order valence-electron chi connectivity index (χ2n) is 11.4. The summed E-state index contributed by atoms with van der Waals surface area (Å²) in [4.78, 5) is 22.8. The van der Waals surface area contributed by atoms with Gasteiger partial charge in [0.15, 0.2) is 5.69 Å². The summed E-state index contributed by atoms with van der Waals surface area (Å²) in [5.74, 6) is 0.385. The summed E-state index contributed by atoms with van der Waals surface area (Å²) in [5.41, 5.74) is 4.79. The lowest BCUT2D eigenvalue weighted by Crippen LogP contribution is -2.43. The highest BCUT2D eigenvalue weighted by Crippen LogP contribution is 2.36. The van der Waals surface area contributed by atoms with Crippen LogP contribution in [-0.2, 0) is 16.2 Å². The van der Waals surface area contributed by atoms with Gasteiger partial charge >= 0.3 is 0 Å². The quantitative estimate of drug-likeness (QED) is 0.392. The number of nitriles is 1. The van der Waals surface area contributed by atoms with Crippen LogP contribution in [-0.4, -0.2) is 84.3 Å². The fourth-order valence-electron chi connectivity index (χ4n) is 6.11. The number of anilines is 1. The first-order chi connectivity index (χ1) is 20.1. The van der Waals surface area contributed by atoms with E-state index in [1.54, 1.807) is 10.8 Å². The SMILES string of the molecule is CCCOCn1cc(C#N)nc1C(=O)Nc1ccc(C2CCN(CCN3CCOCC3)CC2)cc1C1=CCCCC1. The highest BCUT2D eigenvalue weighted by molar-refractivity contribution is 6.03. The summed E-state index contributed by atoms with van der Waals surface area (Å²) < 4.78 is 12.7. The lowest BCUT2D eigenvalue weighted by Gasteiger charge is -2.35. The van der Waals surface area contributed by atoms with Gasteiger partial charge in [-0.2, -0.15) is 5.26 Å². The largest absolute Gasteiger partial charge is 0.379 e. The van der Waals surface area contributed by atoms with Crippen LogP contribution in [0.5, 0.6) is 0 Å². The normalized spacial score (nSPS) is 19.1. The van der Waals surface area contributed by atoms with E-state index in [-0.39, 0.29) is 24.2 Å². The van der Waals surface area contributed by atoms with Gasteiger partial charge < -0.3 is 24.3 Å². The first-order valence-corrected chi connectivity index (χ1v) is 15.4. The van der Waals surface area contributed by atoms with Gasteiger partial charge in [-0.1, -0.05) is 19.1 Å². The minimum absolute atomic E-state index is 0.188. The van der Waals surface area contributed by atoms with Crippen molar-refractivity contribution in [1.29, 1.82) is 5.26 Å². The molecule has 41 heavy (non-hydrogen) atoms. The fourth-order valence-corrected chi connectivity index (χ4v) is 6.11. The Morgan fingerprint density at radius 1 is 1.15 bits per heavy atom. The van der Waals surface area contributed by atoms with Crippen molar-refractivity contribution < 1.29 is 14.3 Å². The second-order valence-corrected chi connectivity index (χ2v) is 11.4. The number of aromatic nitrogens is 2. The molecule has 0 saturated carbocycles. The number of morpholine rings is 1. The van der Waals surface area contributed by atoms with Gasteiger partial charge in [-0.25, -0.2) is 4.98 Å². The molecular weight excluding hydrogens is 516 g/mol. The summed E-state index contributed by atoms with van der Waals surface area (Å²) in [5, 5.41) is 12.5. The smallest absolute Gasteiger partial charge is 0.291 e. The fraction of sp³-hybridized carbons (Fsp3) is 0.594. The van der Waals surface area contributed by atoms with Gasteiger partial charge in [0.05, 0.1) is 13.2 Å². The molecule has 5 rings (SSSR count). The molecule has 2 aliphatic heterocycles. The maximum absolute atomic E-state index is 13.4. The van der Waals surface area contributed by atoms with Crippen molar-refractivity contribution in [2.45, 2.75) is 64.5 Å². The third-order valence-corrected chi connectivity index (χ3v) is 8.50. The van der Waals surface area contributed by atoms with Crippen LogP contribution in [0.15, 0.2) is 30.5 Å². The molecule has 3 heterocycles. The third-order valence-electron chi connectivity index (χ3n) is 8.50. The Morgan fingerprint density at radius 3 is 2.63 bits per heavy atom. The molecule has 1 amide bonds. The van der Waals surface area contributed by atoms with E-state index in [0.717, 1.165) is 102 Å². The Balaban J connectivity index is 1.28. The molecule has 1 N–H and O–H groups in total. The number of ether oxygens (including phenoxy) is 2. The number of hydrogen-bond donors (Lipinski definition) is 1. The number of allylic oxidation sites excluding steroid dienone is 2. The van der Waals surface area contributed by atoms with E-state index in [1.807, 2.05) is 13.0 Å². The molecule has 1 aromatic heterocycles. The zero-order chi connectivity index (χ0) is 28.4. The number of rotatable bonds is 11. The molecule has 2 saturated heterocycles. The topological polar surface area (TPSA) is 95.6 Å².